The van der Waals surface area contributed by atoms with Gasteiger partial charge in [-0.05, 0) is 38.1 Å². The first-order valence-electron chi connectivity index (χ1n) is 5.18. The molecule has 1 rings (SSSR count). The van der Waals surface area contributed by atoms with E-state index in [1.165, 1.54) is 0 Å². The molecule has 1 aromatic carbocycles. The Balaban J connectivity index is 2.97. The molecular weight excluding hydrogens is 204 g/mol. The summed E-state index contributed by atoms with van der Waals surface area (Å²) in [6, 6.07) is 3.92. The summed E-state index contributed by atoms with van der Waals surface area (Å²) in [6.45, 7) is 4.23. The Morgan fingerprint density at radius 1 is 1.38 bits per heavy atom. The van der Waals surface area contributed by atoms with Crippen LogP contribution in [-0.4, -0.2) is 26.6 Å². The maximum absolute atomic E-state index is 11.5. The van der Waals surface area contributed by atoms with E-state index in [1.54, 1.807) is 14.2 Å². The number of rotatable bonds is 4. The highest BCUT2D eigenvalue weighted by molar-refractivity contribution is 5.94. The minimum Gasteiger partial charge on any atom is -0.494 e. The van der Waals surface area contributed by atoms with Gasteiger partial charge in [0.25, 0.3) is 0 Å². The lowest BCUT2D eigenvalue weighted by atomic mass is 10.1. The van der Waals surface area contributed by atoms with Gasteiger partial charge in [-0.1, -0.05) is 6.07 Å². The fraction of sp³-hybridized carbons (Fsp3) is 0.417. The maximum atomic E-state index is 11.5. The van der Waals surface area contributed by atoms with Crippen molar-refractivity contribution < 1.29 is 9.53 Å². The van der Waals surface area contributed by atoms with Gasteiger partial charge >= 0.3 is 0 Å². The first-order valence-corrected chi connectivity index (χ1v) is 5.18. The number of carbonyl (C=O) groups excluding carboxylic acids is 1. The van der Waals surface area contributed by atoms with Crippen molar-refractivity contribution in [2.45, 2.75) is 13.8 Å². The molecule has 16 heavy (non-hydrogen) atoms. The van der Waals surface area contributed by atoms with Crippen molar-refractivity contribution >= 4 is 11.6 Å². The monoisotopic (exact) mass is 222 g/mol. The van der Waals surface area contributed by atoms with Crippen LogP contribution in [0, 0.1) is 13.8 Å². The fourth-order valence-corrected chi connectivity index (χ4v) is 1.67. The molecule has 0 aliphatic rings. The Morgan fingerprint density at radius 3 is 2.62 bits per heavy atom. The van der Waals surface area contributed by atoms with E-state index in [-0.39, 0.29) is 12.5 Å². The minimum absolute atomic E-state index is 0.0780. The average molecular weight is 222 g/mol. The van der Waals surface area contributed by atoms with E-state index in [2.05, 4.69) is 10.6 Å². The summed E-state index contributed by atoms with van der Waals surface area (Å²) in [5.41, 5.74) is 2.83. The van der Waals surface area contributed by atoms with Gasteiger partial charge in [0.1, 0.15) is 5.75 Å². The van der Waals surface area contributed by atoms with Crippen LogP contribution >= 0.6 is 0 Å². The van der Waals surface area contributed by atoms with Gasteiger partial charge < -0.3 is 15.4 Å². The Hall–Kier alpha value is -1.55. The Bertz CT molecular complexity index is 389. The number of carbonyl (C=O) groups is 1. The van der Waals surface area contributed by atoms with Gasteiger partial charge in [0, 0.05) is 0 Å². The van der Waals surface area contributed by atoms with Gasteiger partial charge in [-0.3, -0.25) is 4.79 Å². The van der Waals surface area contributed by atoms with Gasteiger partial charge in [0.05, 0.1) is 19.3 Å². The minimum atomic E-state index is -0.0780. The molecular formula is C12H18N2O2. The second-order valence-electron chi connectivity index (χ2n) is 3.74. The first-order chi connectivity index (χ1) is 7.58. The van der Waals surface area contributed by atoms with Crippen molar-refractivity contribution in [1.29, 1.82) is 0 Å². The number of methoxy groups -OCH3 is 1. The summed E-state index contributed by atoms with van der Waals surface area (Å²) in [4.78, 5) is 11.5. The lowest BCUT2D eigenvalue weighted by Crippen LogP contribution is -2.25. The molecule has 0 aliphatic carbocycles. The zero-order valence-corrected chi connectivity index (χ0v) is 10.2. The van der Waals surface area contributed by atoms with E-state index < -0.39 is 0 Å². The number of hydrogen-bond donors (Lipinski definition) is 2. The van der Waals surface area contributed by atoms with Crippen molar-refractivity contribution in [3.05, 3.63) is 23.3 Å². The van der Waals surface area contributed by atoms with Crippen LogP contribution in [0.15, 0.2) is 12.1 Å². The van der Waals surface area contributed by atoms with E-state index in [0.717, 1.165) is 22.6 Å². The molecule has 0 radical (unpaired) electrons. The summed E-state index contributed by atoms with van der Waals surface area (Å²) in [7, 11) is 3.34. The quantitative estimate of drug-likeness (QED) is 0.811. The molecule has 0 spiro atoms. The second kappa shape index (κ2) is 5.51. The first kappa shape index (κ1) is 12.5. The molecule has 1 amide bonds. The Kier molecular flexibility index (Phi) is 4.31. The van der Waals surface area contributed by atoms with E-state index >= 15 is 0 Å². The number of benzene rings is 1. The molecule has 4 nitrogen and oxygen atoms in total. The third-order valence-corrected chi connectivity index (χ3v) is 2.23. The Labute approximate surface area is 96.0 Å². The summed E-state index contributed by atoms with van der Waals surface area (Å²) in [5, 5.41) is 5.62. The van der Waals surface area contributed by atoms with Crippen LogP contribution in [-0.2, 0) is 4.79 Å². The molecule has 1 aromatic rings. The van der Waals surface area contributed by atoms with E-state index in [0.29, 0.717) is 0 Å². The summed E-state index contributed by atoms with van der Waals surface area (Å²) in [6.07, 6.45) is 0. The molecule has 0 aromatic heterocycles. The number of hydrogen-bond acceptors (Lipinski definition) is 3. The van der Waals surface area contributed by atoms with Crippen molar-refractivity contribution in [2.75, 3.05) is 26.0 Å². The normalized spacial score (nSPS) is 10.0. The molecule has 88 valence electrons. The van der Waals surface area contributed by atoms with Crippen molar-refractivity contribution in [3.8, 4) is 5.75 Å². The van der Waals surface area contributed by atoms with Gasteiger partial charge in [-0.2, -0.15) is 0 Å². The molecule has 0 bridgehead atoms. The van der Waals surface area contributed by atoms with Crippen LogP contribution < -0.4 is 15.4 Å². The Morgan fingerprint density at radius 2 is 2.06 bits per heavy atom. The molecule has 0 saturated heterocycles. The lowest BCUT2D eigenvalue weighted by molar-refractivity contribution is -0.115. The molecule has 4 heteroatoms. The van der Waals surface area contributed by atoms with Gasteiger partial charge in [-0.15, -0.1) is 0 Å². The maximum Gasteiger partial charge on any atom is 0.238 e. The average Bonchev–Trinajstić information content (AvgIpc) is 2.17. The largest absolute Gasteiger partial charge is 0.494 e. The number of aryl methyl sites for hydroxylation is 2. The number of anilines is 1. The molecule has 0 atom stereocenters. The van der Waals surface area contributed by atoms with E-state index in [9.17, 15) is 4.79 Å². The van der Waals surface area contributed by atoms with Crippen molar-refractivity contribution in [1.82, 2.24) is 5.32 Å². The summed E-state index contributed by atoms with van der Waals surface area (Å²) >= 11 is 0. The van der Waals surface area contributed by atoms with Crippen molar-refractivity contribution in [2.24, 2.45) is 0 Å². The van der Waals surface area contributed by atoms with Crippen LogP contribution in [0.25, 0.3) is 0 Å². The smallest absolute Gasteiger partial charge is 0.238 e. The fourth-order valence-electron chi connectivity index (χ4n) is 1.67. The third-order valence-electron chi connectivity index (χ3n) is 2.23. The number of likely N-dealkylation sites (N-methyl/N-ethyl adjacent to an activating group) is 1. The highest BCUT2D eigenvalue weighted by Crippen LogP contribution is 2.29. The second-order valence-corrected chi connectivity index (χ2v) is 3.74. The van der Waals surface area contributed by atoms with E-state index in [4.69, 9.17) is 4.74 Å². The van der Waals surface area contributed by atoms with Gasteiger partial charge in [-0.25, -0.2) is 0 Å². The molecule has 2 N–H and O–H groups in total. The zero-order chi connectivity index (χ0) is 12.1. The topological polar surface area (TPSA) is 50.4 Å². The highest BCUT2D eigenvalue weighted by Gasteiger charge is 2.09. The molecule has 0 heterocycles. The summed E-state index contributed by atoms with van der Waals surface area (Å²) in [5.74, 6) is 0.640. The third kappa shape index (κ3) is 2.97. The number of ether oxygens (including phenoxy) is 1. The number of nitrogens with one attached hydrogen (secondary N) is 2. The molecule has 0 unspecified atom stereocenters. The van der Waals surface area contributed by atoms with Crippen LogP contribution in [0.4, 0.5) is 5.69 Å². The van der Waals surface area contributed by atoms with E-state index in [1.807, 2.05) is 26.0 Å². The summed E-state index contributed by atoms with van der Waals surface area (Å²) < 4.78 is 5.28. The molecule has 0 fully saturated rings. The highest BCUT2D eigenvalue weighted by atomic mass is 16.5. The van der Waals surface area contributed by atoms with Crippen LogP contribution in [0.2, 0.25) is 0 Å². The lowest BCUT2D eigenvalue weighted by Gasteiger charge is -2.13. The van der Waals surface area contributed by atoms with Crippen LogP contribution in [0.3, 0.4) is 0 Å². The molecule has 0 aliphatic heterocycles. The molecule has 0 saturated carbocycles. The van der Waals surface area contributed by atoms with Crippen LogP contribution in [0.5, 0.6) is 5.75 Å². The van der Waals surface area contributed by atoms with Gasteiger partial charge in [0.2, 0.25) is 5.91 Å². The SMILES string of the molecule is CNCC(=O)Nc1cc(C)cc(C)c1OC. The zero-order valence-electron chi connectivity index (χ0n) is 10.2. The predicted molar refractivity (Wildman–Crippen MR) is 65.0 cm³/mol. The standard InChI is InChI=1S/C12H18N2O2/c1-8-5-9(2)12(16-4)10(6-8)14-11(15)7-13-3/h5-6,13H,7H2,1-4H3,(H,14,15). The van der Waals surface area contributed by atoms with Crippen molar-refractivity contribution in [3.63, 3.8) is 0 Å². The number of amides is 1. The predicted octanol–water partition coefficient (Wildman–Crippen LogP) is 1.47. The van der Waals surface area contributed by atoms with Crippen LogP contribution in [0.1, 0.15) is 11.1 Å². The van der Waals surface area contributed by atoms with Gasteiger partial charge in [0.15, 0.2) is 0 Å².